The van der Waals surface area contributed by atoms with Gasteiger partial charge in [0.25, 0.3) is 0 Å². The summed E-state index contributed by atoms with van der Waals surface area (Å²) in [6, 6.07) is 18.0. The van der Waals surface area contributed by atoms with Crippen LogP contribution < -0.4 is 4.90 Å². The van der Waals surface area contributed by atoms with Crippen LogP contribution in [-0.2, 0) is 11.3 Å². The molecule has 1 N–H and O–H groups in total. The number of carboxylic acids is 1. The second-order valence-corrected chi connectivity index (χ2v) is 6.49. The predicted octanol–water partition coefficient (Wildman–Crippen LogP) is 4.54. The Balaban J connectivity index is 1.67. The maximum absolute atomic E-state index is 10.5. The van der Waals surface area contributed by atoms with Crippen molar-refractivity contribution in [3.8, 4) is 11.3 Å². The number of aromatic nitrogens is 1. The van der Waals surface area contributed by atoms with Crippen LogP contribution in [-0.4, -0.2) is 23.1 Å². The molecule has 0 aliphatic heterocycles. The summed E-state index contributed by atoms with van der Waals surface area (Å²) in [4.78, 5) is 17.4. The Labute approximate surface area is 150 Å². The summed E-state index contributed by atoms with van der Waals surface area (Å²) in [6.07, 6.45) is 2.73. The number of carboxylic acid groups (broad SMARTS) is 1. The summed E-state index contributed by atoms with van der Waals surface area (Å²) in [7, 11) is 2.02. The molecule has 1 heterocycles. The van der Waals surface area contributed by atoms with E-state index >= 15 is 0 Å². The Morgan fingerprint density at radius 2 is 1.88 bits per heavy atom. The van der Waals surface area contributed by atoms with E-state index in [-0.39, 0.29) is 0 Å². The molecule has 0 atom stereocenters. The number of aliphatic carboxylic acids is 1. The van der Waals surface area contributed by atoms with Crippen LogP contribution in [0.15, 0.2) is 66.1 Å². The van der Waals surface area contributed by atoms with Gasteiger partial charge in [-0.1, -0.05) is 54.6 Å². The van der Waals surface area contributed by atoms with E-state index in [0.29, 0.717) is 0 Å². The first-order chi connectivity index (χ1) is 12.1. The lowest BCUT2D eigenvalue weighted by atomic mass is 10.1. The number of nitrogens with zero attached hydrogens (tertiary/aromatic N) is 2. The normalized spacial score (nSPS) is 10.9. The van der Waals surface area contributed by atoms with Gasteiger partial charge in [-0.05, 0) is 17.2 Å². The van der Waals surface area contributed by atoms with Gasteiger partial charge >= 0.3 is 5.97 Å². The second-order valence-electron chi connectivity index (χ2n) is 5.65. The van der Waals surface area contributed by atoms with Gasteiger partial charge in [-0.3, -0.25) is 0 Å². The average Bonchev–Trinajstić information content (AvgIpc) is 3.12. The van der Waals surface area contributed by atoms with Crippen LogP contribution in [0.25, 0.3) is 17.3 Å². The quantitative estimate of drug-likeness (QED) is 0.663. The lowest BCUT2D eigenvalue weighted by molar-refractivity contribution is -0.131. The van der Waals surface area contributed by atoms with Crippen LogP contribution >= 0.6 is 11.3 Å². The Kier molecular flexibility index (Phi) is 5.26. The number of thiazole rings is 1. The number of rotatable bonds is 6. The topological polar surface area (TPSA) is 53.4 Å². The molecule has 3 aromatic rings. The van der Waals surface area contributed by atoms with E-state index in [1.165, 1.54) is 0 Å². The van der Waals surface area contributed by atoms with Crippen LogP contribution in [0.1, 0.15) is 11.1 Å². The van der Waals surface area contributed by atoms with E-state index in [1.807, 2.05) is 49.5 Å². The van der Waals surface area contributed by atoms with Crippen molar-refractivity contribution < 1.29 is 9.90 Å². The van der Waals surface area contributed by atoms with Crippen molar-refractivity contribution in [3.05, 3.63) is 77.2 Å². The molecule has 5 heteroatoms. The lowest BCUT2D eigenvalue weighted by Gasteiger charge is -2.15. The smallest absolute Gasteiger partial charge is 0.328 e. The molecule has 25 heavy (non-hydrogen) atoms. The molecule has 3 rings (SSSR count). The Morgan fingerprint density at radius 1 is 1.16 bits per heavy atom. The standard InChI is InChI=1S/C20H18N2O2S/c1-22(13-16-9-7-15(8-10-16)11-12-19(23)24)20-21-18(14-25-20)17-5-3-2-4-6-17/h2-12,14H,13H2,1H3,(H,23,24)/b12-11+. The molecule has 1 aromatic heterocycles. The SMILES string of the molecule is CN(Cc1ccc(/C=C/C(=O)O)cc1)c1nc(-c2ccccc2)cs1. The molecule has 126 valence electrons. The minimum atomic E-state index is -0.943. The first-order valence-corrected chi connectivity index (χ1v) is 8.72. The molecule has 2 aromatic carbocycles. The third-order valence-corrected chi connectivity index (χ3v) is 4.66. The van der Waals surface area contributed by atoms with Crippen molar-refractivity contribution in [2.75, 3.05) is 11.9 Å². The van der Waals surface area contributed by atoms with Crippen LogP contribution in [0, 0.1) is 0 Å². The van der Waals surface area contributed by atoms with Gasteiger partial charge in [0.2, 0.25) is 0 Å². The maximum Gasteiger partial charge on any atom is 0.328 e. The van der Waals surface area contributed by atoms with Crippen molar-refractivity contribution in [2.24, 2.45) is 0 Å². The zero-order chi connectivity index (χ0) is 17.6. The first-order valence-electron chi connectivity index (χ1n) is 7.84. The molecule has 0 aliphatic rings. The van der Waals surface area contributed by atoms with Crippen molar-refractivity contribution >= 4 is 28.5 Å². The van der Waals surface area contributed by atoms with E-state index < -0.39 is 5.97 Å². The highest BCUT2D eigenvalue weighted by atomic mass is 32.1. The van der Waals surface area contributed by atoms with Crippen LogP contribution in [0.2, 0.25) is 0 Å². The maximum atomic E-state index is 10.5. The largest absolute Gasteiger partial charge is 0.478 e. The summed E-state index contributed by atoms with van der Waals surface area (Å²) < 4.78 is 0. The van der Waals surface area contributed by atoms with Gasteiger partial charge in [0.05, 0.1) is 5.69 Å². The zero-order valence-corrected chi connectivity index (χ0v) is 14.6. The fourth-order valence-electron chi connectivity index (χ4n) is 2.42. The van der Waals surface area contributed by atoms with Crippen LogP contribution in [0.5, 0.6) is 0 Å². The van der Waals surface area contributed by atoms with E-state index in [1.54, 1.807) is 17.4 Å². The van der Waals surface area contributed by atoms with E-state index in [2.05, 4.69) is 22.4 Å². The molecule has 0 spiro atoms. The molecular formula is C20H18N2O2S. The highest BCUT2D eigenvalue weighted by Gasteiger charge is 2.09. The molecular weight excluding hydrogens is 332 g/mol. The summed E-state index contributed by atoms with van der Waals surface area (Å²) in [5.74, 6) is -0.943. The number of hydrogen-bond donors (Lipinski definition) is 1. The summed E-state index contributed by atoms with van der Waals surface area (Å²) in [5.41, 5.74) is 4.12. The van der Waals surface area contributed by atoms with Gasteiger partial charge in [0.1, 0.15) is 0 Å². The second kappa shape index (κ2) is 7.77. The third kappa shape index (κ3) is 4.55. The van der Waals surface area contributed by atoms with Gasteiger partial charge in [0.15, 0.2) is 5.13 Å². The molecule has 0 aliphatic carbocycles. The number of hydrogen-bond acceptors (Lipinski definition) is 4. The Hall–Kier alpha value is -2.92. The Bertz CT molecular complexity index is 870. The van der Waals surface area contributed by atoms with Gasteiger partial charge in [-0.15, -0.1) is 11.3 Å². The molecule has 0 fully saturated rings. The van der Waals surface area contributed by atoms with Gasteiger partial charge < -0.3 is 10.0 Å². The zero-order valence-electron chi connectivity index (χ0n) is 13.8. The van der Waals surface area contributed by atoms with Crippen molar-refractivity contribution in [2.45, 2.75) is 6.54 Å². The predicted molar refractivity (Wildman–Crippen MR) is 103 cm³/mol. The highest BCUT2D eigenvalue weighted by molar-refractivity contribution is 7.14. The molecule has 0 bridgehead atoms. The molecule has 0 amide bonds. The summed E-state index contributed by atoms with van der Waals surface area (Å²) >= 11 is 1.62. The van der Waals surface area contributed by atoms with Crippen molar-refractivity contribution in [1.82, 2.24) is 4.98 Å². The Morgan fingerprint density at radius 3 is 2.56 bits per heavy atom. The highest BCUT2D eigenvalue weighted by Crippen LogP contribution is 2.27. The van der Waals surface area contributed by atoms with Gasteiger partial charge in [-0.2, -0.15) is 0 Å². The first kappa shape index (κ1) is 16.9. The fraction of sp³-hybridized carbons (Fsp3) is 0.100. The van der Waals surface area contributed by atoms with Gasteiger partial charge in [-0.25, -0.2) is 9.78 Å². The van der Waals surface area contributed by atoms with Crippen LogP contribution in [0.4, 0.5) is 5.13 Å². The van der Waals surface area contributed by atoms with E-state index in [9.17, 15) is 4.79 Å². The minimum absolute atomic E-state index is 0.741. The third-order valence-electron chi connectivity index (χ3n) is 3.71. The van der Waals surface area contributed by atoms with Gasteiger partial charge in [0, 0.05) is 30.6 Å². The summed E-state index contributed by atoms with van der Waals surface area (Å²) in [6.45, 7) is 0.741. The van der Waals surface area contributed by atoms with Crippen molar-refractivity contribution in [1.29, 1.82) is 0 Å². The van der Waals surface area contributed by atoms with Crippen molar-refractivity contribution in [3.63, 3.8) is 0 Å². The molecule has 0 saturated carbocycles. The average molecular weight is 350 g/mol. The molecule has 0 radical (unpaired) electrons. The molecule has 0 unspecified atom stereocenters. The van der Waals surface area contributed by atoms with Crippen LogP contribution in [0.3, 0.4) is 0 Å². The number of carbonyl (C=O) groups is 1. The minimum Gasteiger partial charge on any atom is -0.478 e. The fourth-order valence-corrected chi connectivity index (χ4v) is 3.23. The molecule has 0 saturated heterocycles. The summed E-state index contributed by atoms with van der Waals surface area (Å²) in [5, 5.41) is 11.7. The van der Waals surface area contributed by atoms with E-state index in [4.69, 9.17) is 10.1 Å². The number of anilines is 1. The molecule has 4 nitrogen and oxygen atoms in total. The monoisotopic (exact) mass is 350 g/mol. The lowest BCUT2D eigenvalue weighted by Crippen LogP contribution is -2.15. The number of benzene rings is 2. The van der Waals surface area contributed by atoms with E-state index in [0.717, 1.165) is 40.1 Å².